The van der Waals surface area contributed by atoms with Crippen LogP contribution in [0.15, 0.2) is 30.3 Å². The first-order valence-electron chi connectivity index (χ1n) is 7.27. The van der Waals surface area contributed by atoms with Crippen LogP contribution in [0.25, 0.3) is 0 Å². The maximum atomic E-state index is 12.2. The average Bonchev–Trinajstić information content (AvgIpc) is 2.51. The number of piperidine rings is 1. The minimum absolute atomic E-state index is 0.0146. The summed E-state index contributed by atoms with van der Waals surface area (Å²) < 4.78 is 32.4. The second-order valence-electron chi connectivity index (χ2n) is 5.37. The summed E-state index contributed by atoms with van der Waals surface area (Å²) in [6.45, 7) is 0.751. The second kappa shape index (κ2) is 7.60. The summed E-state index contributed by atoms with van der Waals surface area (Å²) in [5.41, 5.74) is 0.914. The van der Waals surface area contributed by atoms with Gasteiger partial charge in [-0.05, 0) is 24.8 Å². The van der Waals surface area contributed by atoms with Crippen molar-refractivity contribution in [3.05, 3.63) is 35.9 Å². The first kappa shape index (κ1) is 16.8. The molecule has 0 spiro atoms. The van der Waals surface area contributed by atoms with E-state index in [0.29, 0.717) is 6.54 Å². The highest BCUT2D eigenvalue weighted by Crippen LogP contribution is 2.19. The molecule has 6 nitrogen and oxygen atoms in total. The Kier molecular flexibility index (Phi) is 5.79. The zero-order chi connectivity index (χ0) is 16.0. The molecule has 1 aliphatic heterocycles. The number of amides is 1. The molecule has 122 valence electrons. The SMILES string of the molecule is CS(=O)(=O)OCC1CCCCN1C(=O)OCc1ccccc1. The molecule has 1 fully saturated rings. The number of hydrogen-bond acceptors (Lipinski definition) is 5. The quantitative estimate of drug-likeness (QED) is 0.775. The molecule has 1 amide bonds. The number of likely N-dealkylation sites (tertiary alicyclic amines) is 1. The van der Waals surface area contributed by atoms with Gasteiger partial charge in [0.2, 0.25) is 0 Å². The van der Waals surface area contributed by atoms with Gasteiger partial charge >= 0.3 is 6.09 Å². The largest absolute Gasteiger partial charge is 0.445 e. The van der Waals surface area contributed by atoms with Crippen molar-refractivity contribution >= 4 is 16.2 Å². The van der Waals surface area contributed by atoms with E-state index >= 15 is 0 Å². The molecule has 2 rings (SSSR count). The summed E-state index contributed by atoms with van der Waals surface area (Å²) in [5.74, 6) is 0. The molecule has 0 aliphatic carbocycles. The van der Waals surface area contributed by atoms with Crippen LogP contribution in [-0.2, 0) is 25.6 Å². The van der Waals surface area contributed by atoms with Crippen molar-refractivity contribution in [3.8, 4) is 0 Å². The Bertz CT molecular complexity index is 587. The Balaban J connectivity index is 1.90. The molecule has 22 heavy (non-hydrogen) atoms. The van der Waals surface area contributed by atoms with Crippen molar-refractivity contribution in [3.63, 3.8) is 0 Å². The summed E-state index contributed by atoms with van der Waals surface area (Å²) in [6, 6.07) is 9.17. The number of carbonyl (C=O) groups excluding carboxylic acids is 1. The van der Waals surface area contributed by atoms with E-state index in [2.05, 4.69) is 0 Å². The van der Waals surface area contributed by atoms with Crippen LogP contribution in [0.5, 0.6) is 0 Å². The minimum atomic E-state index is -3.51. The molecule has 1 saturated heterocycles. The minimum Gasteiger partial charge on any atom is -0.445 e. The van der Waals surface area contributed by atoms with Gasteiger partial charge in [-0.15, -0.1) is 0 Å². The van der Waals surface area contributed by atoms with Crippen molar-refractivity contribution in [1.29, 1.82) is 0 Å². The average molecular weight is 327 g/mol. The van der Waals surface area contributed by atoms with Crippen LogP contribution in [-0.4, -0.2) is 44.9 Å². The lowest BCUT2D eigenvalue weighted by Crippen LogP contribution is -2.46. The molecule has 1 aromatic carbocycles. The molecule has 0 aromatic heterocycles. The topological polar surface area (TPSA) is 72.9 Å². The Morgan fingerprint density at radius 1 is 1.27 bits per heavy atom. The van der Waals surface area contributed by atoms with Gasteiger partial charge in [0.15, 0.2) is 0 Å². The van der Waals surface area contributed by atoms with Crippen LogP contribution in [0, 0.1) is 0 Å². The smallest absolute Gasteiger partial charge is 0.410 e. The first-order valence-corrected chi connectivity index (χ1v) is 9.09. The van der Waals surface area contributed by atoms with Crippen LogP contribution in [0.1, 0.15) is 24.8 Å². The third-order valence-electron chi connectivity index (χ3n) is 3.54. The highest BCUT2D eigenvalue weighted by atomic mass is 32.2. The third-order valence-corrected chi connectivity index (χ3v) is 4.11. The predicted molar refractivity (Wildman–Crippen MR) is 81.8 cm³/mol. The van der Waals surface area contributed by atoms with Gasteiger partial charge in [0.1, 0.15) is 6.61 Å². The van der Waals surface area contributed by atoms with Gasteiger partial charge < -0.3 is 9.64 Å². The number of hydrogen-bond donors (Lipinski definition) is 0. The number of ether oxygens (including phenoxy) is 1. The van der Waals surface area contributed by atoms with Gasteiger partial charge in [-0.3, -0.25) is 4.18 Å². The molecule has 1 aromatic rings. The summed E-state index contributed by atoms with van der Waals surface area (Å²) >= 11 is 0. The molecule has 1 unspecified atom stereocenters. The normalized spacial score (nSPS) is 19.0. The molecule has 1 atom stereocenters. The van der Waals surface area contributed by atoms with Crippen molar-refractivity contribution in [1.82, 2.24) is 4.90 Å². The zero-order valence-electron chi connectivity index (χ0n) is 12.6. The molecule has 0 N–H and O–H groups in total. The lowest BCUT2D eigenvalue weighted by molar-refractivity contribution is 0.0547. The van der Waals surface area contributed by atoms with Crippen molar-refractivity contribution in [2.75, 3.05) is 19.4 Å². The number of benzene rings is 1. The van der Waals surface area contributed by atoms with E-state index in [1.165, 1.54) is 0 Å². The van der Waals surface area contributed by atoms with Gasteiger partial charge in [-0.2, -0.15) is 8.42 Å². The number of carbonyl (C=O) groups is 1. The van der Waals surface area contributed by atoms with Crippen LogP contribution in [0.2, 0.25) is 0 Å². The van der Waals surface area contributed by atoms with Gasteiger partial charge in [0.05, 0.1) is 18.9 Å². The van der Waals surface area contributed by atoms with E-state index in [-0.39, 0.29) is 19.3 Å². The Morgan fingerprint density at radius 2 is 2.00 bits per heavy atom. The summed E-state index contributed by atoms with van der Waals surface area (Å²) in [6.07, 6.45) is 3.13. The molecule has 1 heterocycles. The third kappa shape index (κ3) is 5.31. The van der Waals surface area contributed by atoms with E-state index in [1.807, 2.05) is 30.3 Å². The number of rotatable bonds is 5. The van der Waals surface area contributed by atoms with Crippen LogP contribution >= 0.6 is 0 Å². The van der Waals surface area contributed by atoms with E-state index in [4.69, 9.17) is 8.92 Å². The van der Waals surface area contributed by atoms with Crippen molar-refractivity contribution in [2.24, 2.45) is 0 Å². The number of nitrogens with zero attached hydrogens (tertiary/aromatic N) is 1. The van der Waals surface area contributed by atoms with E-state index < -0.39 is 16.2 Å². The van der Waals surface area contributed by atoms with E-state index in [9.17, 15) is 13.2 Å². The van der Waals surface area contributed by atoms with Gasteiger partial charge in [0.25, 0.3) is 10.1 Å². The van der Waals surface area contributed by atoms with Crippen LogP contribution < -0.4 is 0 Å². The van der Waals surface area contributed by atoms with Crippen molar-refractivity contribution in [2.45, 2.75) is 31.9 Å². The molecule has 1 aliphatic rings. The Labute approximate surface area is 131 Å². The highest BCUT2D eigenvalue weighted by Gasteiger charge is 2.29. The van der Waals surface area contributed by atoms with Gasteiger partial charge in [-0.25, -0.2) is 4.79 Å². The van der Waals surface area contributed by atoms with Crippen molar-refractivity contribution < 1.29 is 22.1 Å². The first-order chi connectivity index (χ1) is 10.5. The fourth-order valence-electron chi connectivity index (χ4n) is 2.42. The Morgan fingerprint density at radius 3 is 2.68 bits per heavy atom. The fourth-order valence-corrected chi connectivity index (χ4v) is 2.82. The maximum absolute atomic E-state index is 12.2. The molecular weight excluding hydrogens is 306 g/mol. The summed E-state index contributed by atoms with van der Waals surface area (Å²) in [7, 11) is -3.51. The van der Waals surface area contributed by atoms with Gasteiger partial charge in [0, 0.05) is 6.54 Å². The molecule has 0 saturated carbocycles. The second-order valence-corrected chi connectivity index (χ2v) is 7.02. The fraction of sp³-hybridized carbons (Fsp3) is 0.533. The van der Waals surface area contributed by atoms with E-state index in [0.717, 1.165) is 31.1 Å². The van der Waals surface area contributed by atoms with Crippen LogP contribution in [0.4, 0.5) is 4.79 Å². The molecule has 0 radical (unpaired) electrons. The van der Waals surface area contributed by atoms with Crippen LogP contribution in [0.3, 0.4) is 0 Å². The monoisotopic (exact) mass is 327 g/mol. The molecular formula is C15H21NO5S. The lowest BCUT2D eigenvalue weighted by atomic mass is 10.0. The Hall–Kier alpha value is -1.60. The van der Waals surface area contributed by atoms with E-state index in [1.54, 1.807) is 4.90 Å². The summed E-state index contributed by atoms with van der Waals surface area (Å²) in [5, 5.41) is 0. The maximum Gasteiger partial charge on any atom is 0.410 e. The predicted octanol–water partition coefficient (Wildman–Crippen LogP) is 2.15. The lowest BCUT2D eigenvalue weighted by Gasteiger charge is -2.34. The highest BCUT2D eigenvalue weighted by molar-refractivity contribution is 7.85. The molecule has 0 bridgehead atoms. The standard InChI is InChI=1S/C15H21NO5S/c1-22(18,19)21-12-14-9-5-6-10-16(14)15(17)20-11-13-7-3-2-4-8-13/h2-4,7-8,14H,5-6,9-12H2,1H3. The summed E-state index contributed by atoms with van der Waals surface area (Å²) in [4.78, 5) is 13.8. The van der Waals surface area contributed by atoms with Gasteiger partial charge in [-0.1, -0.05) is 30.3 Å². The molecule has 7 heteroatoms. The zero-order valence-corrected chi connectivity index (χ0v) is 13.4.